The summed E-state index contributed by atoms with van der Waals surface area (Å²) in [4.78, 5) is 24.3. The number of rotatable bonds is 3. The van der Waals surface area contributed by atoms with E-state index in [4.69, 9.17) is 0 Å². The van der Waals surface area contributed by atoms with Crippen molar-refractivity contribution in [3.05, 3.63) is 52.5 Å². The maximum absolute atomic E-state index is 12.9. The van der Waals surface area contributed by atoms with Crippen LogP contribution in [0.3, 0.4) is 0 Å². The maximum atomic E-state index is 12.9. The number of piperazine rings is 1. The first kappa shape index (κ1) is 14.9. The first-order valence-electron chi connectivity index (χ1n) is 6.86. The van der Waals surface area contributed by atoms with Crippen molar-refractivity contribution in [2.45, 2.75) is 6.54 Å². The number of hydrogen-bond donors (Lipinski definition) is 0. The van der Waals surface area contributed by atoms with Gasteiger partial charge in [-0.2, -0.15) is 0 Å². The second-order valence-electron chi connectivity index (χ2n) is 5.06. The van der Waals surface area contributed by atoms with Gasteiger partial charge >= 0.3 is 0 Å². The first-order valence-corrected chi connectivity index (χ1v) is 7.66. The molecule has 1 fully saturated rings. The summed E-state index contributed by atoms with van der Waals surface area (Å²) in [6.45, 7) is 2.02. The maximum Gasteiger partial charge on any atom is 0.242 e. The second-order valence-corrected chi connectivity index (χ2v) is 5.98. The van der Waals surface area contributed by atoms with Crippen molar-refractivity contribution in [3.8, 4) is 0 Å². The van der Waals surface area contributed by atoms with Crippen LogP contribution in [-0.4, -0.2) is 40.4 Å². The number of benzene rings is 1. The van der Waals surface area contributed by atoms with Crippen LogP contribution < -0.4 is 4.90 Å². The molecule has 0 saturated carbocycles. The molecule has 1 saturated heterocycles. The number of hydrogen-bond acceptors (Lipinski definition) is 4. The molecule has 0 radical (unpaired) electrons. The molecule has 1 aromatic heterocycles. The molecule has 7 heteroatoms. The molecule has 2 aromatic rings. The summed E-state index contributed by atoms with van der Waals surface area (Å²) >= 11 is 3.29. The van der Waals surface area contributed by atoms with E-state index in [9.17, 15) is 9.18 Å². The molecule has 3 rings (SSSR count). The number of carbonyl (C=O) groups is 1. The van der Waals surface area contributed by atoms with Crippen LogP contribution in [0.4, 0.5) is 10.3 Å². The molecule has 1 aliphatic heterocycles. The fourth-order valence-corrected chi connectivity index (χ4v) is 2.53. The number of nitrogens with zero attached hydrogens (tertiary/aromatic N) is 4. The number of carbonyl (C=O) groups excluding carboxylic acids is 1. The van der Waals surface area contributed by atoms with Crippen LogP contribution in [0.15, 0.2) is 41.1 Å². The molecule has 5 nitrogen and oxygen atoms in total. The van der Waals surface area contributed by atoms with E-state index in [1.807, 2.05) is 4.90 Å². The number of aromatic nitrogens is 2. The Labute approximate surface area is 135 Å². The van der Waals surface area contributed by atoms with Gasteiger partial charge in [0.25, 0.3) is 0 Å². The van der Waals surface area contributed by atoms with Crippen molar-refractivity contribution in [2.75, 3.05) is 24.5 Å². The van der Waals surface area contributed by atoms with Crippen molar-refractivity contribution in [3.63, 3.8) is 0 Å². The lowest BCUT2D eigenvalue weighted by molar-refractivity contribution is -0.131. The summed E-state index contributed by atoms with van der Waals surface area (Å²) < 4.78 is 13.7. The van der Waals surface area contributed by atoms with Gasteiger partial charge in [-0.25, -0.2) is 14.4 Å². The molecule has 1 aliphatic rings. The largest absolute Gasteiger partial charge is 0.335 e. The molecule has 0 bridgehead atoms. The van der Waals surface area contributed by atoms with Crippen LogP contribution >= 0.6 is 15.9 Å². The van der Waals surface area contributed by atoms with Crippen LogP contribution in [0.25, 0.3) is 0 Å². The molecule has 0 unspecified atom stereocenters. The lowest BCUT2D eigenvalue weighted by Crippen LogP contribution is -2.50. The molecule has 0 atom stereocenters. The molecule has 22 heavy (non-hydrogen) atoms. The summed E-state index contributed by atoms with van der Waals surface area (Å²) in [5.41, 5.74) is 0.920. The van der Waals surface area contributed by atoms with E-state index in [1.165, 1.54) is 12.1 Å². The summed E-state index contributed by atoms with van der Waals surface area (Å²) in [5.74, 6) is 0.298. The number of anilines is 1. The SMILES string of the molecule is O=C1CN(c2ncc(Br)cn2)CCN1Cc1ccc(F)cc1. The minimum atomic E-state index is -0.271. The van der Waals surface area contributed by atoms with Crippen LogP contribution in [0.2, 0.25) is 0 Å². The minimum absolute atomic E-state index is 0.0158. The topological polar surface area (TPSA) is 49.3 Å². The van der Waals surface area contributed by atoms with E-state index in [-0.39, 0.29) is 18.3 Å². The highest BCUT2D eigenvalue weighted by molar-refractivity contribution is 9.10. The number of halogens is 2. The van der Waals surface area contributed by atoms with Crippen molar-refractivity contribution < 1.29 is 9.18 Å². The zero-order valence-electron chi connectivity index (χ0n) is 11.7. The lowest BCUT2D eigenvalue weighted by atomic mass is 10.2. The van der Waals surface area contributed by atoms with Crippen LogP contribution in [0.1, 0.15) is 5.56 Å². The Balaban J connectivity index is 1.63. The Morgan fingerprint density at radius 1 is 1.14 bits per heavy atom. The van der Waals surface area contributed by atoms with E-state index in [0.29, 0.717) is 25.6 Å². The normalized spacial score (nSPS) is 15.3. The van der Waals surface area contributed by atoms with Gasteiger partial charge in [0.15, 0.2) is 0 Å². The van der Waals surface area contributed by atoms with Crippen molar-refractivity contribution in [1.82, 2.24) is 14.9 Å². The average molecular weight is 365 g/mol. The van der Waals surface area contributed by atoms with Gasteiger partial charge in [0.1, 0.15) is 12.4 Å². The third-order valence-electron chi connectivity index (χ3n) is 3.49. The zero-order valence-corrected chi connectivity index (χ0v) is 13.3. The third-order valence-corrected chi connectivity index (χ3v) is 3.90. The Hall–Kier alpha value is -2.02. The molecule has 0 spiro atoms. The summed E-state index contributed by atoms with van der Waals surface area (Å²) in [7, 11) is 0. The molecule has 114 valence electrons. The summed E-state index contributed by atoms with van der Waals surface area (Å²) in [6.07, 6.45) is 3.33. The standard InChI is InChI=1S/C15H14BrFN4O/c16-12-7-18-15(19-8-12)21-6-5-20(14(22)10-21)9-11-1-3-13(17)4-2-11/h1-4,7-8H,5-6,9-10H2. The van der Waals surface area contributed by atoms with Crippen LogP contribution in [0, 0.1) is 5.82 Å². The molecule has 0 N–H and O–H groups in total. The predicted octanol–water partition coefficient (Wildman–Crippen LogP) is 2.23. The van der Waals surface area contributed by atoms with Gasteiger partial charge in [-0.15, -0.1) is 0 Å². The predicted molar refractivity (Wildman–Crippen MR) is 83.8 cm³/mol. The molecular formula is C15H14BrFN4O. The van der Waals surface area contributed by atoms with E-state index in [2.05, 4.69) is 25.9 Å². The lowest BCUT2D eigenvalue weighted by Gasteiger charge is -2.34. The van der Waals surface area contributed by atoms with Crippen molar-refractivity contribution in [2.24, 2.45) is 0 Å². The summed E-state index contributed by atoms with van der Waals surface area (Å²) in [6, 6.07) is 6.22. The number of amides is 1. The Kier molecular flexibility index (Phi) is 4.33. The molecule has 1 amide bonds. The van der Waals surface area contributed by atoms with Gasteiger partial charge in [0, 0.05) is 32.0 Å². The monoisotopic (exact) mass is 364 g/mol. The van der Waals surface area contributed by atoms with E-state index < -0.39 is 0 Å². The fraction of sp³-hybridized carbons (Fsp3) is 0.267. The van der Waals surface area contributed by atoms with Gasteiger partial charge in [-0.3, -0.25) is 4.79 Å². The van der Waals surface area contributed by atoms with Gasteiger partial charge in [0.05, 0.1) is 4.47 Å². The van der Waals surface area contributed by atoms with Crippen molar-refractivity contribution in [1.29, 1.82) is 0 Å². The van der Waals surface area contributed by atoms with E-state index in [1.54, 1.807) is 29.4 Å². The Bertz CT molecular complexity index is 662. The second kappa shape index (κ2) is 6.39. The highest BCUT2D eigenvalue weighted by atomic mass is 79.9. The van der Waals surface area contributed by atoms with Gasteiger partial charge < -0.3 is 9.80 Å². The van der Waals surface area contributed by atoms with Crippen LogP contribution in [-0.2, 0) is 11.3 Å². The van der Waals surface area contributed by atoms with Gasteiger partial charge in [0.2, 0.25) is 11.9 Å². The van der Waals surface area contributed by atoms with E-state index in [0.717, 1.165) is 10.0 Å². The minimum Gasteiger partial charge on any atom is -0.335 e. The van der Waals surface area contributed by atoms with Gasteiger partial charge in [-0.05, 0) is 33.6 Å². The van der Waals surface area contributed by atoms with Crippen LogP contribution in [0.5, 0.6) is 0 Å². The molecular weight excluding hydrogens is 351 g/mol. The first-order chi connectivity index (χ1) is 10.6. The highest BCUT2D eigenvalue weighted by Crippen LogP contribution is 2.15. The van der Waals surface area contributed by atoms with E-state index >= 15 is 0 Å². The average Bonchev–Trinajstić information content (AvgIpc) is 2.52. The smallest absolute Gasteiger partial charge is 0.242 e. The molecule has 1 aromatic carbocycles. The highest BCUT2D eigenvalue weighted by Gasteiger charge is 2.25. The quantitative estimate of drug-likeness (QED) is 0.837. The molecule has 0 aliphatic carbocycles. The zero-order chi connectivity index (χ0) is 15.5. The fourth-order valence-electron chi connectivity index (χ4n) is 2.33. The Morgan fingerprint density at radius 2 is 1.82 bits per heavy atom. The molecule has 2 heterocycles. The van der Waals surface area contributed by atoms with Crippen molar-refractivity contribution >= 4 is 27.8 Å². The third kappa shape index (κ3) is 3.41. The van der Waals surface area contributed by atoms with Gasteiger partial charge in [-0.1, -0.05) is 12.1 Å². The summed E-state index contributed by atoms with van der Waals surface area (Å²) in [5, 5.41) is 0. The Morgan fingerprint density at radius 3 is 2.45 bits per heavy atom.